The predicted molar refractivity (Wildman–Crippen MR) is 164 cm³/mol. The summed E-state index contributed by atoms with van der Waals surface area (Å²) < 4.78 is 6.09. The van der Waals surface area contributed by atoms with Gasteiger partial charge in [-0.15, -0.1) is 0 Å². The Hall–Kier alpha value is -4.69. The first kappa shape index (κ1) is 28.8. The first-order chi connectivity index (χ1) is 20.5. The number of aromatic hydroxyl groups is 1. The van der Waals surface area contributed by atoms with E-state index in [9.17, 15) is 14.7 Å². The van der Waals surface area contributed by atoms with Gasteiger partial charge in [-0.3, -0.25) is 14.6 Å². The SMILES string of the molecule is O=C(NN=Cc1ccc(OCC(=O)N(Cc2ccccn2)CC2C=CCCC2)c2ccccc12)c1ccc(O)c(Cl)c1. The monoisotopic (exact) mass is 582 g/mol. The van der Waals surface area contributed by atoms with Crippen LogP contribution in [0.2, 0.25) is 5.02 Å². The van der Waals surface area contributed by atoms with Crippen molar-refractivity contribution in [2.24, 2.45) is 11.0 Å². The first-order valence-corrected chi connectivity index (χ1v) is 14.2. The topological polar surface area (TPSA) is 104 Å². The molecule has 9 heteroatoms. The lowest BCUT2D eigenvalue weighted by Gasteiger charge is -2.27. The van der Waals surface area contributed by atoms with Gasteiger partial charge in [0.1, 0.15) is 11.5 Å². The molecule has 1 unspecified atom stereocenters. The molecule has 1 heterocycles. The first-order valence-electron chi connectivity index (χ1n) is 13.8. The van der Waals surface area contributed by atoms with Crippen LogP contribution in [-0.4, -0.2) is 46.2 Å². The second-order valence-corrected chi connectivity index (χ2v) is 10.5. The lowest BCUT2D eigenvalue weighted by molar-refractivity contribution is -0.134. The number of carbonyl (C=O) groups excluding carboxylic acids is 2. The second-order valence-electron chi connectivity index (χ2n) is 10.1. The quantitative estimate of drug-likeness (QED) is 0.133. The smallest absolute Gasteiger partial charge is 0.271 e. The number of carbonyl (C=O) groups is 2. The maximum absolute atomic E-state index is 13.4. The molecule has 1 aliphatic rings. The van der Waals surface area contributed by atoms with Gasteiger partial charge in [0, 0.05) is 29.3 Å². The molecule has 0 saturated heterocycles. The van der Waals surface area contributed by atoms with E-state index >= 15 is 0 Å². The summed E-state index contributed by atoms with van der Waals surface area (Å²) in [7, 11) is 0. The molecule has 0 saturated carbocycles. The second kappa shape index (κ2) is 13.8. The number of hydrazone groups is 1. The molecule has 1 aliphatic carbocycles. The number of fused-ring (bicyclic) bond motifs is 1. The fourth-order valence-electron chi connectivity index (χ4n) is 4.90. The number of hydrogen-bond acceptors (Lipinski definition) is 6. The van der Waals surface area contributed by atoms with E-state index in [0.717, 1.165) is 41.3 Å². The fourth-order valence-corrected chi connectivity index (χ4v) is 5.08. The summed E-state index contributed by atoms with van der Waals surface area (Å²) in [4.78, 5) is 32.1. The van der Waals surface area contributed by atoms with Crippen molar-refractivity contribution in [2.75, 3.05) is 13.2 Å². The Morgan fingerprint density at radius 1 is 1.10 bits per heavy atom. The molecule has 0 spiro atoms. The molecule has 1 aromatic heterocycles. The lowest BCUT2D eigenvalue weighted by atomic mass is 9.95. The van der Waals surface area contributed by atoms with E-state index in [-0.39, 0.29) is 28.8 Å². The number of halogens is 1. The molecule has 42 heavy (non-hydrogen) atoms. The van der Waals surface area contributed by atoms with Crippen molar-refractivity contribution in [1.29, 1.82) is 0 Å². The highest BCUT2D eigenvalue weighted by Crippen LogP contribution is 2.28. The molecule has 0 fully saturated rings. The number of allylic oxidation sites excluding steroid dienone is 1. The van der Waals surface area contributed by atoms with Crippen LogP contribution in [0.25, 0.3) is 10.8 Å². The van der Waals surface area contributed by atoms with Crippen molar-refractivity contribution in [3.05, 3.63) is 113 Å². The number of nitrogens with one attached hydrogen (secondary N) is 1. The van der Waals surface area contributed by atoms with E-state index in [2.05, 4.69) is 27.7 Å². The normalized spacial score (nSPS) is 14.6. The van der Waals surface area contributed by atoms with Gasteiger partial charge in [-0.05, 0) is 73.0 Å². The summed E-state index contributed by atoms with van der Waals surface area (Å²) in [6.07, 6.45) is 10.9. The summed E-state index contributed by atoms with van der Waals surface area (Å²) >= 11 is 5.90. The standard InChI is InChI=1S/C33H31ClN4O4/c34-29-18-24(13-15-30(29)39)33(41)37-36-19-25-14-16-31(28-12-5-4-11-27(25)28)42-22-32(40)38(20-23-8-2-1-3-9-23)21-26-10-6-7-17-35-26/h2,4-8,10-19,23,39H,1,3,9,20-22H2,(H,37,41). The Kier molecular flexibility index (Phi) is 9.46. The highest BCUT2D eigenvalue weighted by molar-refractivity contribution is 6.32. The maximum atomic E-state index is 13.4. The van der Waals surface area contributed by atoms with Gasteiger partial charge < -0.3 is 14.7 Å². The van der Waals surface area contributed by atoms with E-state index in [1.165, 1.54) is 18.2 Å². The van der Waals surface area contributed by atoms with Gasteiger partial charge in [0.2, 0.25) is 0 Å². The minimum Gasteiger partial charge on any atom is -0.506 e. The van der Waals surface area contributed by atoms with Gasteiger partial charge in [-0.2, -0.15) is 5.10 Å². The Labute approximate surface area is 249 Å². The van der Waals surface area contributed by atoms with E-state index < -0.39 is 5.91 Å². The Morgan fingerprint density at radius 3 is 2.69 bits per heavy atom. The van der Waals surface area contributed by atoms with Crippen LogP contribution in [0.5, 0.6) is 11.5 Å². The van der Waals surface area contributed by atoms with E-state index in [1.54, 1.807) is 18.5 Å². The summed E-state index contributed by atoms with van der Waals surface area (Å²) in [5.74, 6) is 0.224. The zero-order valence-corrected chi connectivity index (χ0v) is 23.7. The molecule has 0 aliphatic heterocycles. The zero-order chi connectivity index (χ0) is 29.3. The van der Waals surface area contributed by atoms with Crippen molar-refractivity contribution >= 4 is 40.4 Å². The number of phenolic OH excluding ortho intramolecular Hbond substituents is 1. The molecular formula is C33H31ClN4O4. The third kappa shape index (κ3) is 7.33. The van der Waals surface area contributed by atoms with Crippen LogP contribution in [-0.2, 0) is 11.3 Å². The van der Waals surface area contributed by atoms with Crippen LogP contribution in [0.15, 0.2) is 96.2 Å². The molecule has 2 amide bonds. The van der Waals surface area contributed by atoms with Crippen molar-refractivity contribution in [3.63, 3.8) is 0 Å². The molecule has 1 atom stereocenters. The minimum atomic E-state index is -0.463. The molecule has 4 aromatic rings. The maximum Gasteiger partial charge on any atom is 0.271 e. The number of pyridine rings is 1. The number of aromatic nitrogens is 1. The van der Waals surface area contributed by atoms with Crippen molar-refractivity contribution in [1.82, 2.24) is 15.3 Å². The van der Waals surface area contributed by atoms with Crippen LogP contribution in [0, 0.1) is 5.92 Å². The average Bonchev–Trinajstić information content (AvgIpc) is 3.02. The molecule has 214 valence electrons. The van der Waals surface area contributed by atoms with E-state index in [0.29, 0.717) is 24.8 Å². The third-order valence-electron chi connectivity index (χ3n) is 7.09. The number of hydrogen-bond donors (Lipinski definition) is 2. The van der Waals surface area contributed by atoms with Gasteiger partial charge in [-0.25, -0.2) is 5.43 Å². The molecule has 0 bridgehead atoms. The van der Waals surface area contributed by atoms with Crippen LogP contribution >= 0.6 is 11.6 Å². The van der Waals surface area contributed by atoms with Gasteiger partial charge in [0.15, 0.2) is 6.61 Å². The van der Waals surface area contributed by atoms with Gasteiger partial charge in [-0.1, -0.05) is 54.1 Å². The Morgan fingerprint density at radius 2 is 1.93 bits per heavy atom. The fraction of sp³-hybridized carbons (Fsp3) is 0.212. The van der Waals surface area contributed by atoms with Gasteiger partial charge >= 0.3 is 0 Å². The Bertz CT molecular complexity index is 1620. The van der Waals surface area contributed by atoms with Crippen molar-refractivity contribution in [3.8, 4) is 11.5 Å². The van der Waals surface area contributed by atoms with E-state index in [1.807, 2.05) is 53.4 Å². The number of benzene rings is 3. The lowest BCUT2D eigenvalue weighted by Crippen LogP contribution is -2.38. The highest BCUT2D eigenvalue weighted by atomic mass is 35.5. The summed E-state index contributed by atoms with van der Waals surface area (Å²) in [6.45, 7) is 0.936. The van der Waals surface area contributed by atoms with Gasteiger partial charge in [0.25, 0.3) is 11.8 Å². The summed E-state index contributed by atoms with van der Waals surface area (Å²) in [5.41, 5.74) is 4.34. The number of amides is 2. The molecular weight excluding hydrogens is 552 g/mol. The van der Waals surface area contributed by atoms with Crippen molar-refractivity contribution in [2.45, 2.75) is 25.8 Å². The van der Waals surface area contributed by atoms with Crippen LogP contribution in [0.3, 0.4) is 0 Å². The van der Waals surface area contributed by atoms with Crippen LogP contribution in [0.4, 0.5) is 0 Å². The van der Waals surface area contributed by atoms with Crippen LogP contribution < -0.4 is 10.2 Å². The number of nitrogens with zero attached hydrogens (tertiary/aromatic N) is 3. The summed E-state index contributed by atoms with van der Waals surface area (Å²) in [6, 6.07) is 21.2. The number of rotatable bonds is 10. The van der Waals surface area contributed by atoms with Gasteiger partial charge in [0.05, 0.1) is 23.5 Å². The largest absolute Gasteiger partial charge is 0.506 e. The summed E-state index contributed by atoms with van der Waals surface area (Å²) in [5, 5.41) is 15.4. The van der Waals surface area contributed by atoms with Crippen LogP contribution in [0.1, 0.15) is 40.9 Å². The number of phenols is 1. The molecule has 8 nitrogen and oxygen atoms in total. The molecule has 2 N–H and O–H groups in total. The molecule has 0 radical (unpaired) electrons. The number of ether oxygens (including phenoxy) is 1. The highest BCUT2D eigenvalue weighted by Gasteiger charge is 2.21. The third-order valence-corrected chi connectivity index (χ3v) is 7.39. The Balaban J connectivity index is 1.28. The molecule has 3 aromatic carbocycles. The van der Waals surface area contributed by atoms with Crippen molar-refractivity contribution < 1.29 is 19.4 Å². The zero-order valence-electron chi connectivity index (χ0n) is 22.9. The molecule has 5 rings (SSSR count). The van der Waals surface area contributed by atoms with E-state index in [4.69, 9.17) is 16.3 Å². The predicted octanol–water partition coefficient (Wildman–Crippen LogP) is 6.12. The minimum absolute atomic E-state index is 0.0809. The average molecular weight is 583 g/mol.